The number of nitrogens with zero attached hydrogens (tertiary/aromatic N) is 2. The van der Waals surface area contributed by atoms with Gasteiger partial charge in [0.15, 0.2) is 0 Å². The molecular formula is C27H34N2O9Rh2. The zero-order valence-corrected chi connectivity index (χ0v) is 26.0. The fraction of sp³-hybridized carbons (Fsp3) is 0.222. The molecule has 2 radical (unpaired) electrons. The Morgan fingerprint density at radius 3 is 1.02 bits per heavy atom. The van der Waals surface area contributed by atoms with Crippen molar-refractivity contribution in [1.29, 1.82) is 0 Å². The van der Waals surface area contributed by atoms with Gasteiger partial charge in [-0.1, -0.05) is 36.4 Å². The molecule has 5 aromatic rings. The molecule has 0 amide bonds. The van der Waals surface area contributed by atoms with Gasteiger partial charge in [0, 0.05) is 104 Å². The normalized spacial score (nSPS) is 8.32. The Morgan fingerprint density at radius 2 is 0.775 bits per heavy atom. The molecule has 2 heterocycles. The van der Waals surface area contributed by atoms with Gasteiger partial charge in [-0.2, -0.15) is 0 Å². The third-order valence-corrected chi connectivity index (χ3v) is 4.10. The van der Waals surface area contributed by atoms with Crippen molar-refractivity contribution in [3.8, 4) is 0 Å². The van der Waals surface area contributed by atoms with E-state index in [1.165, 1.54) is 32.3 Å². The summed E-state index contributed by atoms with van der Waals surface area (Å²) in [5.41, 5.74) is 2.00. The maximum atomic E-state index is 9.00. The number of carbonyl (C=O) groups is 3. The predicted molar refractivity (Wildman–Crippen MR) is 148 cm³/mol. The van der Waals surface area contributed by atoms with E-state index in [-0.39, 0.29) is 39.0 Å². The number of aliphatic hydroxyl groups is 3. The molecule has 5 rings (SSSR count). The Balaban J connectivity index is -0.000000275. The van der Waals surface area contributed by atoms with E-state index in [2.05, 4.69) is 58.5 Å². The third kappa shape index (κ3) is 14.3. The van der Waals surface area contributed by atoms with E-state index in [9.17, 15) is 0 Å². The Bertz CT molecular complexity index is 1210. The zero-order chi connectivity index (χ0) is 29.8. The van der Waals surface area contributed by atoms with Crippen molar-refractivity contribution in [2.45, 2.75) is 20.8 Å². The number of carboxylic acid groups (broad SMARTS) is 3. The van der Waals surface area contributed by atoms with Crippen molar-refractivity contribution in [2.24, 2.45) is 0 Å². The minimum atomic E-state index is -0.833. The van der Waals surface area contributed by atoms with Crippen LogP contribution in [0.4, 0.5) is 0 Å². The van der Waals surface area contributed by atoms with Crippen molar-refractivity contribution in [3.63, 3.8) is 0 Å². The molecule has 6 N–H and O–H groups in total. The maximum Gasteiger partial charge on any atom is 0.300 e. The number of hydrogen-bond acceptors (Lipinski definition) is 8. The van der Waals surface area contributed by atoms with Gasteiger partial charge in [-0.3, -0.25) is 24.4 Å². The van der Waals surface area contributed by atoms with Crippen LogP contribution in [0, 0.1) is 0 Å². The summed E-state index contributed by atoms with van der Waals surface area (Å²) in [6.07, 6.45) is 3.74. The molecule has 0 aliphatic rings. The summed E-state index contributed by atoms with van der Waals surface area (Å²) in [5.74, 6) is -2.50. The van der Waals surface area contributed by atoms with E-state index in [0.717, 1.165) is 53.1 Å². The van der Waals surface area contributed by atoms with Crippen molar-refractivity contribution in [1.82, 2.24) is 9.97 Å². The number of benzene rings is 3. The van der Waals surface area contributed by atoms with Crippen LogP contribution < -0.4 is 0 Å². The minimum Gasteiger partial charge on any atom is -0.481 e. The zero-order valence-electron chi connectivity index (χ0n) is 22.7. The first-order valence-electron chi connectivity index (χ1n) is 10.8. The van der Waals surface area contributed by atoms with Crippen LogP contribution in [-0.2, 0) is 53.3 Å². The fourth-order valence-corrected chi connectivity index (χ4v) is 3.27. The van der Waals surface area contributed by atoms with E-state index in [4.69, 9.17) is 45.0 Å². The van der Waals surface area contributed by atoms with Gasteiger partial charge < -0.3 is 30.6 Å². The molecule has 0 unspecified atom stereocenters. The molecule has 3 aromatic carbocycles. The maximum absolute atomic E-state index is 9.00. The summed E-state index contributed by atoms with van der Waals surface area (Å²) in [6, 6.07) is 17.0. The van der Waals surface area contributed by atoms with Crippen LogP contribution in [0.15, 0.2) is 60.9 Å². The van der Waals surface area contributed by atoms with Crippen molar-refractivity contribution >= 4 is 61.3 Å². The molecule has 0 bridgehead atoms. The average Bonchev–Trinajstić information content (AvgIpc) is 2.90. The predicted octanol–water partition coefficient (Wildman–Crippen LogP) is 3.62. The Hall–Kier alpha value is -3.20. The monoisotopic (exact) mass is 736 g/mol. The summed E-state index contributed by atoms with van der Waals surface area (Å²) in [6.45, 7) is 3.25. The second-order valence-corrected chi connectivity index (χ2v) is 6.68. The van der Waals surface area contributed by atoms with E-state index in [1.807, 2.05) is 12.4 Å². The second-order valence-electron chi connectivity index (χ2n) is 6.68. The largest absolute Gasteiger partial charge is 0.481 e. The van der Waals surface area contributed by atoms with Crippen molar-refractivity contribution in [3.05, 3.63) is 60.9 Å². The Labute approximate surface area is 257 Å². The number of aliphatic hydroxyl groups excluding tert-OH is 3. The van der Waals surface area contributed by atoms with Gasteiger partial charge in [0.1, 0.15) is 0 Å². The van der Waals surface area contributed by atoms with Crippen LogP contribution in [0.2, 0.25) is 0 Å². The first kappa shape index (κ1) is 43.8. The minimum absolute atomic E-state index is 0. The van der Waals surface area contributed by atoms with Crippen LogP contribution in [0.1, 0.15) is 20.8 Å². The Morgan fingerprint density at radius 1 is 0.525 bits per heavy atom. The van der Waals surface area contributed by atoms with Gasteiger partial charge in [-0.25, -0.2) is 0 Å². The molecule has 13 heteroatoms. The van der Waals surface area contributed by atoms with E-state index < -0.39 is 17.9 Å². The molecule has 0 aliphatic heterocycles. The van der Waals surface area contributed by atoms with Crippen LogP contribution in [-0.4, -0.2) is 79.8 Å². The van der Waals surface area contributed by atoms with Gasteiger partial charge in [-0.15, -0.1) is 0 Å². The number of pyridine rings is 2. The summed E-state index contributed by atoms with van der Waals surface area (Å²) < 4.78 is 0. The molecular weight excluding hydrogens is 702 g/mol. The summed E-state index contributed by atoms with van der Waals surface area (Å²) >= 11 is 0. The first-order valence-corrected chi connectivity index (χ1v) is 10.8. The molecule has 0 aliphatic carbocycles. The quantitative estimate of drug-likeness (QED) is 0.0772. The SMILES string of the molecule is CC(=O)O.CC(=O)O.CC(=O)O.CO.CO.CO.[Rh].[Rh].c1cc2ccnc3c4nccc5cccc(c(c1)c23)c54. The van der Waals surface area contributed by atoms with Crippen LogP contribution in [0.25, 0.3) is 43.4 Å². The van der Waals surface area contributed by atoms with Gasteiger partial charge >= 0.3 is 0 Å². The van der Waals surface area contributed by atoms with Gasteiger partial charge in [0.2, 0.25) is 0 Å². The number of hydrogen-bond donors (Lipinski definition) is 6. The standard InChI is InChI=1S/C18H10N2.3C2H4O2.3CH4O.2Rh/c1-3-11-7-9-19-17-15(11)13(5-1)14-6-2-4-12-8-10-20-18(17)16(12)14;3*1-2(3)4;3*1-2;;/h1-10H;3*1H3,(H,3,4);3*2H,1H3;;. The van der Waals surface area contributed by atoms with E-state index in [1.54, 1.807) is 0 Å². The summed E-state index contributed by atoms with van der Waals surface area (Å²) in [5, 5.41) is 50.7. The van der Waals surface area contributed by atoms with Crippen LogP contribution in [0.5, 0.6) is 0 Å². The summed E-state index contributed by atoms with van der Waals surface area (Å²) in [7, 11) is 3.00. The second kappa shape index (κ2) is 24.8. The summed E-state index contributed by atoms with van der Waals surface area (Å²) in [4.78, 5) is 36.2. The third-order valence-electron chi connectivity index (χ3n) is 4.10. The number of aromatic nitrogens is 2. The first-order chi connectivity index (χ1) is 18.1. The molecule has 0 atom stereocenters. The molecule has 0 saturated heterocycles. The average molecular weight is 736 g/mol. The van der Waals surface area contributed by atoms with Gasteiger partial charge in [0.05, 0.1) is 11.0 Å². The van der Waals surface area contributed by atoms with Crippen LogP contribution in [0.3, 0.4) is 0 Å². The number of aliphatic carboxylic acids is 3. The fourth-order valence-electron chi connectivity index (χ4n) is 3.27. The van der Waals surface area contributed by atoms with Gasteiger partial charge in [0.25, 0.3) is 17.9 Å². The Kier molecular flexibility index (Phi) is 27.2. The number of rotatable bonds is 0. The molecule has 40 heavy (non-hydrogen) atoms. The van der Waals surface area contributed by atoms with Gasteiger partial charge in [-0.05, 0) is 33.7 Å². The molecule has 0 fully saturated rings. The molecule has 0 saturated carbocycles. The van der Waals surface area contributed by atoms with Crippen molar-refractivity contribution in [2.75, 3.05) is 21.3 Å². The number of fused-ring (bicyclic) bond motifs is 2. The smallest absolute Gasteiger partial charge is 0.300 e. The topological polar surface area (TPSA) is 198 Å². The molecule has 224 valence electrons. The molecule has 0 spiro atoms. The molecule has 2 aromatic heterocycles. The molecule has 11 nitrogen and oxygen atoms in total. The van der Waals surface area contributed by atoms with Crippen molar-refractivity contribution < 1.29 is 84.0 Å². The van der Waals surface area contributed by atoms with E-state index >= 15 is 0 Å². The van der Waals surface area contributed by atoms with E-state index in [0.29, 0.717) is 0 Å². The van der Waals surface area contributed by atoms with Crippen LogP contribution >= 0.6 is 0 Å². The number of carboxylic acids is 3.